The van der Waals surface area contributed by atoms with Crippen LogP contribution < -0.4 is 10.1 Å². The van der Waals surface area contributed by atoms with E-state index in [2.05, 4.69) is 12.2 Å². The van der Waals surface area contributed by atoms with Crippen molar-refractivity contribution in [2.24, 2.45) is 0 Å². The van der Waals surface area contributed by atoms with Crippen LogP contribution in [0.2, 0.25) is 0 Å². The topological polar surface area (TPSA) is 58.6 Å². The van der Waals surface area contributed by atoms with E-state index >= 15 is 0 Å². The van der Waals surface area contributed by atoms with Crippen LogP contribution in [-0.2, 0) is 16.1 Å². The average Bonchev–Trinajstić information content (AvgIpc) is 2.73. The third kappa shape index (κ3) is 6.90. The van der Waals surface area contributed by atoms with Gasteiger partial charge in [0.1, 0.15) is 11.8 Å². The van der Waals surface area contributed by atoms with E-state index in [1.165, 1.54) is 0 Å². The van der Waals surface area contributed by atoms with Gasteiger partial charge in [-0.1, -0.05) is 68.3 Å². The zero-order valence-corrected chi connectivity index (χ0v) is 18.6. The fourth-order valence-corrected chi connectivity index (χ4v) is 3.39. The largest absolute Gasteiger partial charge is 0.483 e. The van der Waals surface area contributed by atoms with Crippen molar-refractivity contribution < 1.29 is 14.3 Å². The van der Waals surface area contributed by atoms with Gasteiger partial charge in [-0.3, -0.25) is 9.59 Å². The van der Waals surface area contributed by atoms with Gasteiger partial charge in [-0.15, -0.1) is 0 Å². The predicted molar refractivity (Wildman–Crippen MR) is 120 cm³/mol. The molecule has 5 nitrogen and oxygen atoms in total. The molecule has 0 heterocycles. The van der Waals surface area contributed by atoms with Gasteiger partial charge in [0, 0.05) is 13.1 Å². The summed E-state index contributed by atoms with van der Waals surface area (Å²) in [6, 6.07) is 15.1. The molecule has 2 aromatic rings. The Balaban J connectivity index is 2.16. The van der Waals surface area contributed by atoms with Gasteiger partial charge < -0.3 is 15.0 Å². The van der Waals surface area contributed by atoms with Crippen LogP contribution in [0.5, 0.6) is 5.75 Å². The number of aryl methyl sites for hydroxylation is 2. The Bertz CT molecular complexity index is 820. The maximum Gasteiger partial charge on any atom is 0.261 e. The van der Waals surface area contributed by atoms with Crippen LogP contribution in [0.25, 0.3) is 0 Å². The first-order valence-corrected chi connectivity index (χ1v) is 10.8. The number of ether oxygens (including phenoxy) is 1. The molecule has 1 atom stereocenters. The van der Waals surface area contributed by atoms with Crippen molar-refractivity contribution in [2.45, 2.75) is 59.5 Å². The molecule has 0 saturated heterocycles. The molecule has 162 valence electrons. The smallest absolute Gasteiger partial charge is 0.261 e. The summed E-state index contributed by atoms with van der Waals surface area (Å²) in [7, 11) is 0. The SMILES string of the molecule is CCCCNC(=O)[C@@H](CC)N(Cc1ccccc1)C(=O)COc1ccc(C)cc1C. The molecular formula is C25H34N2O3. The molecule has 0 aliphatic carbocycles. The molecule has 0 aliphatic rings. The number of nitrogens with zero attached hydrogens (tertiary/aromatic N) is 1. The van der Waals surface area contributed by atoms with E-state index in [-0.39, 0.29) is 18.4 Å². The van der Waals surface area contributed by atoms with E-state index in [1.54, 1.807) is 4.90 Å². The maximum atomic E-state index is 13.2. The summed E-state index contributed by atoms with van der Waals surface area (Å²) >= 11 is 0. The maximum absolute atomic E-state index is 13.2. The number of nitrogens with one attached hydrogen (secondary N) is 1. The number of unbranched alkanes of at least 4 members (excludes halogenated alkanes) is 1. The summed E-state index contributed by atoms with van der Waals surface area (Å²) in [4.78, 5) is 27.6. The van der Waals surface area contributed by atoms with Gasteiger partial charge in [-0.25, -0.2) is 0 Å². The Labute approximate surface area is 180 Å². The van der Waals surface area contributed by atoms with Gasteiger partial charge in [-0.2, -0.15) is 0 Å². The molecule has 2 aromatic carbocycles. The molecule has 5 heteroatoms. The van der Waals surface area contributed by atoms with Gasteiger partial charge in [0.05, 0.1) is 0 Å². The number of rotatable bonds is 11. The lowest BCUT2D eigenvalue weighted by Gasteiger charge is -2.30. The number of carbonyl (C=O) groups is 2. The normalized spacial score (nSPS) is 11.6. The van der Waals surface area contributed by atoms with Crippen LogP contribution in [-0.4, -0.2) is 35.9 Å². The summed E-state index contributed by atoms with van der Waals surface area (Å²) in [6.07, 6.45) is 2.47. The lowest BCUT2D eigenvalue weighted by Crippen LogP contribution is -2.50. The predicted octanol–water partition coefficient (Wildman–Crippen LogP) is 4.41. The first kappa shape index (κ1) is 23.5. The molecule has 0 bridgehead atoms. The lowest BCUT2D eigenvalue weighted by atomic mass is 10.1. The molecule has 0 aromatic heterocycles. The Morgan fingerprint density at radius 3 is 2.43 bits per heavy atom. The molecule has 30 heavy (non-hydrogen) atoms. The van der Waals surface area contributed by atoms with Crippen molar-refractivity contribution >= 4 is 11.8 Å². The van der Waals surface area contributed by atoms with Crippen molar-refractivity contribution in [1.29, 1.82) is 0 Å². The quantitative estimate of drug-likeness (QED) is 0.559. The van der Waals surface area contributed by atoms with E-state index < -0.39 is 6.04 Å². The monoisotopic (exact) mass is 410 g/mol. The Morgan fingerprint density at radius 1 is 1.07 bits per heavy atom. The van der Waals surface area contributed by atoms with E-state index in [0.29, 0.717) is 25.3 Å². The number of carbonyl (C=O) groups excluding carboxylic acids is 2. The number of benzene rings is 2. The van der Waals surface area contributed by atoms with Crippen LogP contribution in [0.4, 0.5) is 0 Å². The minimum atomic E-state index is -0.530. The molecule has 0 unspecified atom stereocenters. The fourth-order valence-electron chi connectivity index (χ4n) is 3.39. The van der Waals surface area contributed by atoms with Crippen LogP contribution in [0.1, 0.15) is 49.8 Å². The van der Waals surface area contributed by atoms with Crippen LogP contribution in [0, 0.1) is 13.8 Å². The molecule has 1 N–H and O–H groups in total. The van der Waals surface area contributed by atoms with E-state index in [1.807, 2.05) is 69.3 Å². The van der Waals surface area contributed by atoms with Gasteiger partial charge in [0.15, 0.2) is 6.61 Å². The lowest BCUT2D eigenvalue weighted by molar-refractivity contribution is -0.143. The summed E-state index contributed by atoms with van der Waals surface area (Å²) in [5.74, 6) is 0.382. The molecule has 0 aliphatic heterocycles. The first-order valence-electron chi connectivity index (χ1n) is 10.8. The summed E-state index contributed by atoms with van der Waals surface area (Å²) < 4.78 is 5.82. The molecular weight excluding hydrogens is 376 g/mol. The zero-order chi connectivity index (χ0) is 21.9. The number of hydrogen-bond donors (Lipinski definition) is 1. The Kier molecular flexibility index (Phi) is 9.39. The summed E-state index contributed by atoms with van der Waals surface area (Å²) in [5, 5.41) is 2.97. The first-order chi connectivity index (χ1) is 14.5. The molecule has 2 amide bonds. The Hall–Kier alpha value is -2.82. The zero-order valence-electron chi connectivity index (χ0n) is 18.6. The standard InChI is InChI=1S/C25H34N2O3/c1-5-7-15-26-25(29)22(6-2)27(17-21-11-9-8-10-12-21)24(28)18-30-23-14-13-19(3)16-20(23)4/h8-14,16,22H,5-7,15,17-18H2,1-4H3,(H,26,29)/t22-/m1/s1. The van der Waals surface area contributed by atoms with Gasteiger partial charge in [0.2, 0.25) is 5.91 Å². The van der Waals surface area contributed by atoms with Crippen molar-refractivity contribution in [3.63, 3.8) is 0 Å². The molecule has 0 spiro atoms. The van der Waals surface area contributed by atoms with Gasteiger partial charge >= 0.3 is 0 Å². The Morgan fingerprint density at radius 2 is 1.80 bits per heavy atom. The molecule has 0 radical (unpaired) electrons. The highest BCUT2D eigenvalue weighted by molar-refractivity contribution is 5.88. The fraction of sp³-hybridized carbons (Fsp3) is 0.440. The summed E-state index contributed by atoms with van der Waals surface area (Å²) in [5.41, 5.74) is 3.12. The van der Waals surface area contributed by atoms with Gasteiger partial charge in [-0.05, 0) is 43.9 Å². The van der Waals surface area contributed by atoms with Gasteiger partial charge in [0.25, 0.3) is 5.91 Å². The van der Waals surface area contributed by atoms with Crippen LogP contribution in [0.3, 0.4) is 0 Å². The highest BCUT2D eigenvalue weighted by Crippen LogP contribution is 2.19. The van der Waals surface area contributed by atoms with Crippen molar-refractivity contribution in [1.82, 2.24) is 10.2 Å². The minimum Gasteiger partial charge on any atom is -0.483 e. The highest BCUT2D eigenvalue weighted by Gasteiger charge is 2.28. The molecule has 2 rings (SSSR count). The molecule has 0 saturated carbocycles. The van der Waals surface area contributed by atoms with Crippen LogP contribution in [0.15, 0.2) is 48.5 Å². The van der Waals surface area contributed by atoms with E-state index in [0.717, 1.165) is 29.5 Å². The van der Waals surface area contributed by atoms with Crippen LogP contribution >= 0.6 is 0 Å². The number of hydrogen-bond acceptors (Lipinski definition) is 3. The average molecular weight is 411 g/mol. The summed E-state index contributed by atoms with van der Waals surface area (Å²) in [6.45, 7) is 8.89. The number of amides is 2. The minimum absolute atomic E-state index is 0.102. The van der Waals surface area contributed by atoms with Crippen molar-refractivity contribution in [2.75, 3.05) is 13.2 Å². The third-order valence-corrected chi connectivity index (χ3v) is 5.09. The third-order valence-electron chi connectivity index (χ3n) is 5.09. The van der Waals surface area contributed by atoms with Crippen molar-refractivity contribution in [3.8, 4) is 5.75 Å². The second-order valence-corrected chi connectivity index (χ2v) is 7.63. The second kappa shape index (κ2) is 12.0. The van der Waals surface area contributed by atoms with E-state index in [9.17, 15) is 9.59 Å². The highest BCUT2D eigenvalue weighted by atomic mass is 16.5. The second-order valence-electron chi connectivity index (χ2n) is 7.63. The van der Waals surface area contributed by atoms with E-state index in [4.69, 9.17) is 4.74 Å². The van der Waals surface area contributed by atoms with Crippen molar-refractivity contribution in [3.05, 3.63) is 65.2 Å². The molecule has 0 fully saturated rings.